The molecule has 0 saturated carbocycles. The van der Waals surface area contributed by atoms with Gasteiger partial charge in [-0.1, -0.05) is 6.07 Å². The Kier molecular flexibility index (Phi) is 6.38. The van der Waals surface area contributed by atoms with Crippen LogP contribution in [-0.4, -0.2) is 107 Å². The Hall–Kier alpha value is -2.45. The molecule has 1 N–H and O–H groups in total. The molecule has 176 valence electrons. The van der Waals surface area contributed by atoms with Crippen LogP contribution in [0.15, 0.2) is 35.2 Å². The zero-order valence-electron chi connectivity index (χ0n) is 18.1. The number of hydrogen-bond acceptors (Lipinski definition) is 11. The minimum atomic E-state index is -3.65. The van der Waals surface area contributed by atoms with Crippen LogP contribution in [0.5, 0.6) is 0 Å². The quantitative estimate of drug-likeness (QED) is 0.510. The van der Waals surface area contributed by atoms with E-state index in [4.69, 9.17) is 5.11 Å². The number of nitrogens with zero attached hydrogens (tertiary/aromatic N) is 8. The van der Waals surface area contributed by atoms with E-state index in [0.29, 0.717) is 43.8 Å². The van der Waals surface area contributed by atoms with Gasteiger partial charge < -0.3 is 14.9 Å². The van der Waals surface area contributed by atoms with Crippen molar-refractivity contribution in [3.63, 3.8) is 0 Å². The molecule has 11 nitrogen and oxygen atoms in total. The monoisotopic (exact) mass is 490 g/mol. The number of hydrogen-bond donors (Lipinski definition) is 1. The third kappa shape index (κ3) is 4.51. The summed E-state index contributed by atoms with van der Waals surface area (Å²) in [6.07, 6.45) is 0. The molecule has 0 amide bonds. The number of aromatic nitrogens is 4. The molecule has 0 radical (unpaired) electrons. The van der Waals surface area contributed by atoms with Crippen LogP contribution >= 0.6 is 11.7 Å². The van der Waals surface area contributed by atoms with Crippen LogP contribution in [0.25, 0.3) is 11.0 Å². The van der Waals surface area contributed by atoms with Gasteiger partial charge in [0.15, 0.2) is 11.6 Å². The fraction of sp³-hybridized carbons (Fsp3) is 0.500. The van der Waals surface area contributed by atoms with Crippen molar-refractivity contribution in [1.29, 1.82) is 0 Å². The molecule has 0 spiro atoms. The van der Waals surface area contributed by atoms with Crippen LogP contribution in [0.2, 0.25) is 0 Å². The third-order valence-corrected chi connectivity index (χ3v) is 8.65. The second kappa shape index (κ2) is 9.43. The number of benzene rings is 1. The molecule has 0 unspecified atom stereocenters. The highest BCUT2D eigenvalue weighted by Crippen LogP contribution is 2.26. The van der Waals surface area contributed by atoms with E-state index in [1.54, 1.807) is 18.2 Å². The number of fused-ring (bicyclic) bond motifs is 1. The average Bonchev–Trinajstić information content (AvgIpc) is 3.34. The van der Waals surface area contributed by atoms with Crippen molar-refractivity contribution in [2.45, 2.75) is 4.90 Å². The molecule has 4 heterocycles. The molecular formula is C20H26N8O3S2. The molecule has 33 heavy (non-hydrogen) atoms. The van der Waals surface area contributed by atoms with Crippen molar-refractivity contribution >= 4 is 44.4 Å². The van der Waals surface area contributed by atoms with Crippen molar-refractivity contribution in [2.24, 2.45) is 0 Å². The summed E-state index contributed by atoms with van der Waals surface area (Å²) in [6.45, 7) is 6.19. The lowest BCUT2D eigenvalue weighted by molar-refractivity contribution is 0.188. The van der Waals surface area contributed by atoms with Gasteiger partial charge in [0.1, 0.15) is 15.9 Å². The molecule has 3 aromatic rings. The molecule has 0 bridgehead atoms. The van der Waals surface area contributed by atoms with Crippen LogP contribution in [0.1, 0.15) is 0 Å². The predicted octanol–water partition coefficient (Wildman–Crippen LogP) is 0.107. The lowest BCUT2D eigenvalue weighted by Gasteiger charge is -2.36. The van der Waals surface area contributed by atoms with Crippen LogP contribution in [0, 0.1) is 0 Å². The van der Waals surface area contributed by atoms with Crippen molar-refractivity contribution in [1.82, 2.24) is 28.1 Å². The molecular weight excluding hydrogens is 464 g/mol. The molecule has 0 atom stereocenters. The fourth-order valence-electron chi connectivity index (χ4n) is 4.28. The molecule has 1 aromatic carbocycles. The highest BCUT2D eigenvalue weighted by Gasteiger charge is 2.31. The van der Waals surface area contributed by atoms with Gasteiger partial charge in [0, 0.05) is 58.9 Å². The molecule has 5 rings (SSSR count). The zero-order chi connectivity index (χ0) is 22.8. The number of sulfonamides is 1. The lowest BCUT2D eigenvalue weighted by atomic mass is 10.3. The first-order valence-electron chi connectivity index (χ1n) is 10.9. The Bertz CT molecular complexity index is 1190. The van der Waals surface area contributed by atoms with Crippen LogP contribution < -0.4 is 9.80 Å². The van der Waals surface area contributed by atoms with E-state index < -0.39 is 10.0 Å². The van der Waals surface area contributed by atoms with E-state index in [9.17, 15) is 8.42 Å². The molecule has 2 aliphatic heterocycles. The van der Waals surface area contributed by atoms with Gasteiger partial charge in [-0.05, 0) is 24.3 Å². The highest BCUT2D eigenvalue weighted by molar-refractivity contribution is 7.89. The van der Waals surface area contributed by atoms with Crippen LogP contribution in [0.3, 0.4) is 0 Å². The van der Waals surface area contributed by atoms with Gasteiger partial charge in [0.05, 0.1) is 18.3 Å². The molecule has 2 aliphatic rings. The van der Waals surface area contributed by atoms with Gasteiger partial charge in [0.25, 0.3) is 0 Å². The van der Waals surface area contributed by atoms with E-state index >= 15 is 0 Å². The fourth-order valence-corrected chi connectivity index (χ4v) is 6.46. The topological polar surface area (TPSA) is 119 Å². The van der Waals surface area contributed by atoms with Gasteiger partial charge in [-0.2, -0.15) is 13.1 Å². The average molecular weight is 491 g/mol. The number of rotatable bonds is 6. The first kappa shape index (κ1) is 22.3. The maximum atomic E-state index is 13.2. The summed E-state index contributed by atoms with van der Waals surface area (Å²) in [4.78, 5) is 6.71. The normalized spacial score (nSPS) is 18.8. The summed E-state index contributed by atoms with van der Waals surface area (Å²) in [6, 6.07) is 9.00. The smallest absolute Gasteiger partial charge is 0.245 e. The number of aliphatic hydroxyl groups is 1. The minimum absolute atomic E-state index is 0.181. The zero-order valence-corrected chi connectivity index (χ0v) is 19.7. The molecule has 13 heteroatoms. The van der Waals surface area contributed by atoms with Crippen molar-refractivity contribution < 1.29 is 13.5 Å². The summed E-state index contributed by atoms with van der Waals surface area (Å²) in [7, 11) is -3.65. The Morgan fingerprint density at radius 3 is 2.09 bits per heavy atom. The van der Waals surface area contributed by atoms with Gasteiger partial charge in [0.2, 0.25) is 10.0 Å². The summed E-state index contributed by atoms with van der Waals surface area (Å²) in [5.41, 5.74) is 1.04. The summed E-state index contributed by atoms with van der Waals surface area (Å²) in [5, 5.41) is 17.9. The van der Waals surface area contributed by atoms with Crippen LogP contribution in [-0.2, 0) is 10.0 Å². The second-order valence-electron chi connectivity index (χ2n) is 8.08. The van der Waals surface area contributed by atoms with Gasteiger partial charge in [-0.3, -0.25) is 4.90 Å². The first-order chi connectivity index (χ1) is 16.1. The third-order valence-electron chi connectivity index (χ3n) is 6.18. The van der Waals surface area contributed by atoms with E-state index in [2.05, 4.69) is 33.6 Å². The maximum Gasteiger partial charge on any atom is 0.245 e. The SMILES string of the molecule is O=S(=O)(c1cccc2nsnc12)N1CCN(c2ccc(N3CCN(CCO)CC3)nn2)CC1. The van der Waals surface area contributed by atoms with Crippen molar-refractivity contribution in [3.05, 3.63) is 30.3 Å². The van der Waals surface area contributed by atoms with E-state index in [1.807, 2.05) is 12.1 Å². The standard InChI is InChI=1S/C20H26N8O3S2/c29-15-14-25-6-8-26(9-7-25)18-4-5-19(22-21-18)27-10-12-28(13-11-27)33(30,31)17-3-1-2-16-20(17)24-32-23-16/h1-5,29H,6-15H2. The molecule has 2 saturated heterocycles. The Morgan fingerprint density at radius 1 is 0.848 bits per heavy atom. The molecule has 2 aromatic heterocycles. The largest absolute Gasteiger partial charge is 0.395 e. The Labute approximate surface area is 196 Å². The van der Waals surface area contributed by atoms with Gasteiger partial charge in [-0.25, -0.2) is 8.42 Å². The van der Waals surface area contributed by atoms with E-state index in [-0.39, 0.29) is 11.5 Å². The minimum Gasteiger partial charge on any atom is -0.395 e. The van der Waals surface area contributed by atoms with Gasteiger partial charge >= 0.3 is 0 Å². The second-order valence-corrected chi connectivity index (χ2v) is 10.5. The van der Waals surface area contributed by atoms with Crippen molar-refractivity contribution in [3.8, 4) is 0 Å². The Morgan fingerprint density at radius 2 is 1.48 bits per heavy atom. The maximum absolute atomic E-state index is 13.2. The number of anilines is 2. The van der Waals surface area contributed by atoms with Gasteiger partial charge in [-0.15, -0.1) is 10.2 Å². The highest BCUT2D eigenvalue weighted by atomic mass is 32.2. The number of aliphatic hydroxyl groups excluding tert-OH is 1. The van der Waals surface area contributed by atoms with E-state index in [1.165, 1.54) is 4.31 Å². The Balaban J connectivity index is 1.21. The van der Waals surface area contributed by atoms with Crippen LogP contribution in [0.4, 0.5) is 11.6 Å². The lowest BCUT2D eigenvalue weighted by Crippen LogP contribution is -2.49. The molecule has 0 aliphatic carbocycles. The number of β-amino-alcohol motifs (C(OH)–C–C–N with tert-alkyl or cyclic N) is 1. The predicted molar refractivity (Wildman–Crippen MR) is 126 cm³/mol. The van der Waals surface area contributed by atoms with E-state index in [0.717, 1.165) is 49.5 Å². The summed E-state index contributed by atoms with van der Waals surface area (Å²) in [5.74, 6) is 1.59. The summed E-state index contributed by atoms with van der Waals surface area (Å²) < 4.78 is 36.3. The number of piperazine rings is 2. The molecule has 2 fully saturated rings. The first-order valence-corrected chi connectivity index (χ1v) is 13.1. The summed E-state index contributed by atoms with van der Waals surface area (Å²) >= 11 is 1.02. The van der Waals surface area contributed by atoms with Crippen molar-refractivity contribution in [2.75, 3.05) is 75.3 Å².